The quantitative estimate of drug-likeness (QED) is 0.873. The zero-order chi connectivity index (χ0) is 14.7. The van der Waals surface area contributed by atoms with Crippen LogP contribution in [0, 0.1) is 0 Å². The molecule has 2 aromatic carbocycles. The van der Waals surface area contributed by atoms with Crippen molar-refractivity contribution in [2.75, 3.05) is 18.4 Å². The van der Waals surface area contributed by atoms with Crippen molar-refractivity contribution < 1.29 is 4.79 Å². The van der Waals surface area contributed by atoms with Gasteiger partial charge >= 0.3 is 0 Å². The number of hydrogen-bond acceptors (Lipinski definition) is 2. The Morgan fingerprint density at radius 1 is 1.14 bits per heavy atom. The molecule has 0 heterocycles. The SMILES string of the molecule is O=C(CNCC1Cc2ccccc21)Nc1ccccc1Br. The predicted octanol–water partition coefficient (Wildman–Crippen LogP) is 3.32. The fourth-order valence-electron chi connectivity index (χ4n) is 2.66. The topological polar surface area (TPSA) is 41.1 Å². The molecule has 2 aromatic rings. The first-order valence-corrected chi connectivity index (χ1v) is 7.86. The van der Waals surface area contributed by atoms with Crippen LogP contribution < -0.4 is 10.6 Å². The van der Waals surface area contributed by atoms with Crippen molar-refractivity contribution in [2.24, 2.45) is 0 Å². The fourth-order valence-corrected chi connectivity index (χ4v) is 3.05. The van der Waals surface area contributed by atoms with Crippen molar-refractivity contribution >= 4 is 27.5 Å². The number of amides is 1. The Bertz CT molecular complexity index is 657. The van der Waals surface area contributed by atoms with E-state index in [-0.39, 0.29) is 5.91 Å². The van der Waals surface area contributed by atoms with Gasteiger partial charge in [-0.25, -0.2) is 0 Å². The van der Waals surface area contributed by atoms with E-state index >= 15 is 0 Å². The third kappa shape index (κ3) is 3.34. The molecule has 1 unspecified atom stereocenters. The van der Waals surface area contributed by atoms with Gasteiger partial charge in [0.25, 0.3) is 0 Å². The predicted molar refractivity (Wildman–Crippen MR) is 88.5 cm³/mol. The molecule has 0 aromatic heterocycles. The highest BCUT2D eigenvalue weighted by molar-refractivity contribution is 9.10. The summed E-state index contributed by atoms with van der Waals surface area (Å²) in [5, 5.41) is 6.13. The molecule has 3 rings (SSSR count). The Kier molecular flexibility index (Phi) is 4.36. The van der Waals surface area contributed by atoms with Gasteiger partial charge in [-0.2, -0.15) is 0 Å². The highest BCUT2D eigenvalue weighted by Gasteiger charge is 2.24. The van der Waals surface area contributed by atoms with E-state index in [4.69, 9.17) is 0 Å². The minimum absolute atomic E-state index is 0.0190. The van der Waals surface area contributed by atoms with Crippen LogP contribution >= 0.6 is 15.9 Å². The molecule has 108 valence electrons. The summed E-state index contributed by atoms with van der Waals surface area (Å²) in [5.41, 5.74) is 3.65. The molecule has 0 saturated carbocycles. The second kappa shape index (κ2) is 6.41. The van der Waals surface area contributed by atoms with Crippen LogP contribution in [0.15, 0.2) is 53.0 Å². The maximum Gasteiger partial charge on any atom is 0.238 e. The molecule has 0 fully saturated rings. The summed E-state index contributed by atoms with van der Waals surface area (Å²) in [6, 6.07) is 16.1. The summed E-state index contributed by atoms with van der Waals surface area (Å²) in [5.74, 6) is 0.520. The molecule has 1 atom stereocenters. The summed E-state index contributed by atoms with van der Waals surface area (Å²) in [4.78, 5) is 11.9. The number of anilines is 1. The van der Waals surface area contributed by atoms with Gasteiger partial charge in [0.05, 0.1) is 12.2 Å². The Hall–Kier alpha value is -1.65. The smallest absolute Gasteiger partial charge is 0.238 e. The van der Waals surface area contributed by atoms with Crippen molar-refractivity contribution in [3.05, 3.63) is 64.1 Å². The van der Waals surface area contributed by atoms with Gasteiger partial charge in [-0.1, -0.05) is 36.4 Å². The van der Waals surface area contributed by atoms with Crippen LogP contribution in [0.25, 0.3) is 0 Å². The lowest BCUT2D eigenvalue weighted by atomic mass is 9.78. The lowest BCUT2D eigenvalue weighted by Gasteiger charge is -2.30. The van der Waals surface area contributed by atoms with E-state index in [1.165, 1.54) is 11.1 Å². The molecule has 1 aliphatic carbocycles. The van der Waals surface area contributed by atoms with E-state index in [2.05, 4.69) is 50.8 Å². The van der Waals surface area contributed by atoms with Crippen LogP contribution in [0.5, 0.6) is 0 Å². The lowest BCUT2D eigenvalue weighted by molar-refractivity contribution is -0.115. The molecule has 0 bridgehead atoms. The maximum absolute atomic E-state index is 11.9. The third-order valence-electron chi connectivity index (χ3n) is 3.79. The fraction of sp³-hybridized carbons (Fsp3) is 0.235. The van der Waals surface area contributed by atoms with Gasteiger partial charge in [0, 0.05) is 16.9 Å². The molecule has 1 amide bonds. The van der Waals surface area contributed by atoms with Crippen LogP contribution in [-0.4, -0.2) is 19.0 Å². The monoisotopic (exact) mass is 344 g/mol. The average Bonchev–Trinajstić information content (AvgIpc) is 2.46. The van der Waals surface area contributed by atoms with E-state index in [0.717, 1.165) is 23.1 Å². The molecule has 2 N–H and O–H groups in total. The molecule has 0 spiro atoms. The largest absolute Gasteiger partial charge is 0.324 e. The molecule has 3 nitrogen and oxygen atoms in total. The molecular weight excluding hydrogens is 328 g/mol. The van der Waals surface area contributed by atoms with E-state index < -0.39 is 0 Å². The molecule has 0 aliphatic heterocycles. The normalized spacial score (nSPS) is 16.0. The highest BCUT2D eigenvalue weighted by atomic mass is 79.9. The maximum atomic E-state index is 11.9. The van der Waals surface area contributed by atoms with Crippen molar-refractivity contribution in [2.45, 2.75) is 12.3 Å². The first-order chi connectivity index (χ1) is 10.2. The summed E-state index contributed by atoms with van der Waals surface area (Å²) < 4.78 is 0.895. The van der Waals surface area contributed by atoms with Crippen molar-refractivity contribution in [1.29, 1.82) is 0 Å². The number of hydrogen-bond donors (Lipinski definition) is 2. The summed E-state index contributed by atoms with van der Waals surface area (Å²) in [6.45, 7) is 1.18. The summed E-state index contributed by atoms with van der Waals surface area (Å²) in [6.07, 6.45) is 1.11. The molecule has 4 heteroatoms. The van der Waals surface area contributed by atoms with Crippen LogP contribution in [0.2, 0.25) is 0 Å². The second-order valence-electron chi connectivity index (χ2n) is 5.26. The Morgan fingerprint density at radius 3 is 2.71 bits per heavy atom. The Labute approximate surface area is 132 Å². The van der Waals surface area contributed by atoms with Gasteiger partial charge in [-0.15, -0.1) is 0 Å². The minimum Gasteiger partial charge on any atom is -0.324 e. The van der Waals surface area contributed by atoms with Gasteiger partial charge in [-0.3, -0.25) is 4.79 Å². The molecule has 0 saturated heterocycles. The molecule has 0 radical (unpaired) electrons. The van der Waals surface area contributed by atoms with E-state index in [1.807, 2.05) is 24.3 Å². The zero-order valence-corrected chi connectivity index (χ0v) is 13.2. The van der Waals surface area contributed by atoms with Crippen LogP contribution in [-0.2, 0) is 11.2 Å². The number of nitrogens with one attached hydrogen (secondary N) is 2. The standard InChI is InChI=1S/C17H17BrN2O/c18-15-7-3-4-8-16(15)20-17(21)11-19-10-13-9-12-5-1-2-6-14(12)13/h1-8,13,19H,9-11H2,(H,20,21). The van der Waals surface area contributed by atoms with Gasteiger partial charge in [0.2, 0.25) is 5.91 Å². The molecular formula is C17H17BrN2O. The number of benzene rings is 2. The number of carbonyl (C=O) groups excluding carboxylic acids is 1. The zero-order valence-electron chi connectivity index (χ0n) is 11.6. The van der Waals surface area contributed by atoms with E-state index in [1.54, 1.807) is 0 Å². The highest BCUT2D eigenvalue weighted by Crippen LogP contribution is 2.33. The molecule has 1 aliphatic rings. The van der Waals surface area contributed by atoms with Crippen molar-refractivity contribution in [1.82, 2.24) is 5.32 Å². The third-order valence-corrected chi connectivity index (χ3v) is 4.48. The van der Waals surface area contributed by atoms with Crippen LogP contribution in [0.4, 0.5) is 5.69 Å². The number of rotatable bonds is 5. The number of fused-ring (bicyclic) bond motifs is 1. The molecule has 21 heavy (non-hydrogen) atoms. The van der Waals surface area contributed by atoms with Gasteiger partial charge in [-0.05, 0) is 45.6 Å². The Morgan fingerprint density at radius 2 is 1.90 bits per heavy atom. The number of halogens is 1. The van der Waals surface area contributed by atoms with Gasteiger partial charge < -0.3 is 10.6 Å². The second-order valence-corrected chi connectivity index (χ2v) is 6.11. The van der Waals surface area contributed by atoms with E-state index in [0.29, 0.717) is 12.5 Å². The first kappa shape index (κ1) is 14.3. The van der Waals surface area contributed by atoms with E-state index in [9.17, 15) is 4.79 Å². The van der Waals surface area contributed by atoms with Gasteiger partial charge in [0.15, 0.2) is 0 Å². The van der Waals surface area contributed by atoms with Crippen LogP contribution in [0.1, 0.15) is 17.0 Å². The minimum atomic E-state index is -0.0190. The van der Waals surface area contributed by atoms with Crippen molar-refractivity contribution in [3.8, 4) is 0 Å². The summed E-state index contributed by atoms with van der Waals surface area (Å²) in [7, 11) is 0. The van der Waals surface area contributed by atoms with Crippen molar-refractivity contribution in [3.63, 3.8) is 0 Å². The average molecular weight is 345 g/mol. The first-order valence-electron chi connectivity index (χ1n) is 7.07. The van der Waals surface area contributed by atoms with Gasteiger partial charge in [0.1, 0.15) is 0 Å². The summed E-state index contributed by atoms with van der Waals surface area (Å²) >= 11 is 3.42. The Balaban J connectivity index is 1.44. The number of para-hydroxylation sites is 1. The van der Waals surface area contributed by atoms with Crippen LogP contribution in [0.3, 0.4) is 0 Å². The lowest BCUT2D eigenvalue weighted by Crippen LogP contribution is -2.34. The number of carbonyl (C=O) groups is 1.